The number of hydrogen-bond donors (Lipinski definition) is 3. The van der Waals surface area contributed by atoms with Crippen molar-refractivity contribution in [2.75, 3.05) is 16.4 Å². The van der Waals surface area contributed by atoms with E-state index in [9.17, 15) is 14.4 Å². The molecule has 0 radical (unpaired) electrons. The second-order valence-corrected chi connectivity index (χ2v) is 11.0. The number of anilines is 2. The lowest BCUT2D eigenvalue weighted by Gasteiger charge is -2.12. The highest BCUT2D eigenvalue weighted by Gasteiger charge is 2.15. The zero-order valence-electron chi connectivity index (χ0n) is 20.5. The van der Waals surface area contributed by atoms with Gasteiger partial charge < -0.3 is 16.0 Å². The van der Waals surface area contributed by atoms with Crippen LogP contribution in [0.3, 0.4) is 0 Å². The molecule has 0 aromatic heterocycles. The van der Waals surface area contributed by atoms with Gasteiger partial charge in [0, 0.05) is 25.1 Å². The van der Waals surface area contributed by atoms with Crippen LogP contribution in [0.15, 0.2) is 123 Å². The Hall–Kier alpha value is -3.66. The van der Waals surface area contributed by atoms with Crippen LogP contribution in [0.2, 0.25) is 0 Å². The lowest BCUT2D eigenvalue weighted by atomic mass is 10.1. The molecule has 0 atom stereocenters. The Kier molecular flexibility index (Phi) is 10.1. The number of hydrogen-bond acceptors (Lipinski definition) is 4. The fraction of sp³-hybridized carbons (Fsp3) is 0.0333. The minimum Gasteiger partial charge on any atom is -0.324 e. The average Bonchev–Trinajstić information content (AvgIpc) is 2.94. The van der Waals surface area contributed by atoms with Gasteiger partial charge in [0.15, 0.2) is 0 Å². The molecule has 3 N–H and O–H groups in total. The maximum atomic E-state index is 13.2. The van der Waals surface area contributed by atoms with E-state index in [0.717, 1.165) is 19.4 Å². The molecule has 0 aliphatic carbocycles. The van der Waals surface area contributed by atoms with Crippen LogP contribution in [0.1, 0.15) is 15.9 Å². The molecular formula is C30H23Br2N3O3S. The third-order valence-electron chi connectivity index (χ3n) is 5.32. The number of amides is 3. The standard InChI is InChI=1S/C30H23Br2N3O3S/c31-22-10-6-7-20(17-22)18-27(35-29(37)21-8-2-1-3-9-21)30(38)33-23-13-15-24(16-14-23)39-19-28(36)34-26-12-5-4-11-25(26)32/h1-18H,19H2,(H,33,38)(H,34,36)(H,35,37)/b27-18-. The lowest BCUT2D eigenvalue weighted by molar-refractivity contribution is -0.114. The maximum absolute atomic E-state index is 13.2. The largest absolute Gasteiger partial charge is 0.324 e. The number of benzene rings is 4. The summed E-state index contributed by atoms with van der Waals surface area (Å²) in [5, 5.41) is 8.44. The highest BCUT2D eigenvalue weighted by Crippen LogP contribution is 2.24. The van der Waals surface area contributed by atoms with Gasteiger partial charge in [-0.05, 0) is 88.2 Å². The SMILES string of the molecule is O=C(CSc1ccc(NC(=O)/C(=C/c2cccc(Br)c2)NC(=O)c2ccccc2)cc1)Nc1ccccc1Br. The Morgan fingerprint density at radius 3 is 2.21 bits per heavy atom. The van der Waals surface area contributed by atoms with E-state index in [1.165, 1.54) is 11.8 Å². The molecular weight excluding hydrogens is 642 g/mol. The molecule has 0 saturated carbocycles. The number of thioether (sulfide) groups is 1. The van der Waals surface area contributed by atoms with Crippen molar-refractivity contribution in [1.82, 2.24) is 5.32 Å². The zero-order chi connectivity index (χ0) is 27.6. The van der Waals surface area contributed by atoms with Crippen molar-refractivity contribution in [2.45, 2.75) is 4.90 Å². The summed E-state index contributed by atoms with van der Waals surface area (Å²) in [7, 11) is 0. The molecule has 39 heavy (non-hydrogen) atoms. The van der Waals surface area contributed by atoms with Crippen LogP contribution >= 0.6 is 43.6 Å². The molecule has 4 rings (SSSR count). The van der Waals surface area contributed by atoms with E-state index in [1.54, 1.807) is 42.5 Å². The van der Waals surface area contributed by atoms with Gasteiger partial charge in [-0.15, -0.1) is 11.8 Å². The fourth-order valence-corrected chi connectivity index (χ4v) is 4.94. The summed E-state index contributed by atoms with van der Waals surface area (Å²) in [5.41, 5.74) is 2.55. The van der Waals surface area contributed by atoms with Crippen LogP contribution in [-0.4, -0.2) is 23.5 Å². The highest BCUT2D eigenvalue weighted by molar-refractivity contribution is 9.10. The summed E-state index contributed by atoms with van der Waals surface area (Å²) in [6.07, 6.45) is 1.62. The number of halogens is 2. The van der Waals surface area contributed by atoms with E-state index in [0.29, 0.717) is 16.9 Å². The molecule has 4 aromatic carbocycles. The van der Waals surface area contributed by atoms with Gasteiger partial charge in [-0.3, -0.25) is 14.4 Å². The number of para-hydroxylation sites is 1. The van der Waals surface area contributed by atoms with Crippen LogP contribution in [0, 0.1) is 0 Å². The molecule has 0 heterocycles. The topological polar surface area (TPSA) is 87.3 Å². The maximum Gasteiger partial charge on any atom is 0.272 e. The van der Waals surface area contributed by atoms with Crippen LogP contribution < -0.4 is 16.0 Å². The molecule has 0 spiro atoms. The summed E-state index contributed by atoms with van der Waals surface area (Å²) in [4.78, 5) is 39.2. The average molecular weight is 665 g/mol. The van der Waals surface area contributed by atoms with Crippen molar-refractivity contribution in [3.63, 3.8) is 0 Å². The predicted octanol–water partition coefficient (Wildman–Crippen LogP) is 7.35. The molecule has 0 fully saturated rings. The molecule has 0 aliphatic rings. The van der Waals surface area contributed by atoms with Gasteiger partial charge in [-0.2, -0.15) is 0 Å². The van der Waals surface area contributed by atoms with Gasteiger partial charge in [-0.1, -0.05) is 58.4 Å². The molecule has 196 valence electrons. The molecule has 9 heteroatoms. The first-order valence-corrected chi connectivity index (χ1v) is 14.4. The zero-order valence-corrected chi connectivity index (χ0v) is 24.5. The van der Waals surface area contributed by atoms with Gasteiger partial charge >= 0.3 is 0 Å². The van der Waals surface area contributed by atoms with Crippen LogP contribution in [-0.2, 0) is 9.59 Å². The third-order valence-corrected chi connectivity index (χ3v) is 7.52. The van der Waals surface area contributed by atoms with Gasteiger partial charge in [0.05, 0.1) is 11.4 Å². The van der Waals surface area contributed by atoms with E-state index in [1.807, 2.05) is 66.7 Å². The van der Waals surface area contributed by atoms with E-state index >= 15 is 0 Å². The number of carbonyl (C=O) groups is 3. The van der Waals surface area contributed by atoms with Crippen molar-refractivity contribution in [2.24, 2.45) is 0 Å². The summed E-state index contributed by atoms with van der Waals surface area (Å²) in [5.74, 6) is -0.745. The van der Waals surface area contributed by atoms with Crippen LogP contribution in [0.5, 0.6) is 0 Å². The quantitative estimate of drug-likeness (QED) is 0.129. The number of rotatable bonds is 9. The Morgan fingerprint density at radius 2 is 1.49 bits per heavy atom. The highest BCUT2D eigenvalue weighted by atomic mass is 79.9. The summed E-state index contributed by atoms with van der Waals surface area (Å²) in [6, 6.07) is 30.7. The lowest BCUT2D eigenvalue weighted by Crippen LogP contribution is -2.30. The smallest absolute Gasteiger partial charge is 0.272 e. The molecule has 0 unspecified atom stereocenters. The fourth-order valence-electron chi connectivity index (χ4n) is 3.44. The van der Waals surface area contributed by atoms with E-state index < -0.39 is 5.91 Å². The van der Waals surface area contributed by atoms with Crippen molar-refractivity contribution in [1.29, 1.82) is 0 Å². The summed E-state index contributed by atoms with van der Waals surface area (Å²) < 4.78 is 1.67. The summed E-state index contributed by atoms with van der Waals surface area (Å²) >= 11 is 8.24. The first-order chi connectivity index (χ1) is 18.9. The Labute approximate surface area is 247 Å². The van der Waals surface area contributed by atoms with E-state index in [2.05, 4.69) is 47.8 Å². The van der Waals surface area contributed by atoms with Crippen LogP contribution in [0.25, 0.3) is 6.08 Å². The number of carbonyl (C=O) groups excluding carboxylic acids is 3. The first kappa shape index (κ1) is 28.4. The minimum absolute atomic E-state index is 0.101. The second-order valence-electron chi connectivity index (χ2n) is 8.23. The van der Waals surface area contributed by atoms with Gasteiger partial charge in [0.2, 0.25) is 5.91 Å². The molecule has 0 saturated heterocycles. The molecule has 6 nitrogen and oxygen atoms in total. The van der Waals surface area contributed by atoms with E-state index in [-0.39, 0.29) is 23.3 Å². The van der Waals surface area contributed by atoms with Gasteiger partial charge in [0.1, 0.15) is 5.70 Å². The van der Waals surface area contributed by atoms with E-state index in [4.69, 9.17) is 0 Å². The Bertz CT molecular complexity index is 1510. The minimum atomic E-state index is -0.465. The Morgan fingerprint density at radius 1 is 0.769 bits per heavy atom. The molecule has 0 aliphatic heterocycles. The predicted molar refractivity (Wildman–Crippen MR) is 165 cm³/mol. The monoisotopic (exact) mass is 663 g/mol. The van der Waals surface area contributed by atoms with Gasteiger partial charge in [-0.25, -0.2) is 0 Å². The second kappa shape index (κ2) is 13.9. The third kappa shape index (κ3) is 8.68. The summed E-state index contributed by atoms with van der Waals surface area (Å²) in [6.45, 7) is 0. The number of nitrogens with one attached hydrogen (secondary N) is 3. The van der Waals surface area contributed by atoms with Crippen molar-refractivity contribution in [3.05, 3.63) is 129 Å². The first-order valence-electron chi connectivity index (χ1n) is 11.8. The van der Waals surface area contributed by atoms with Crippen LogP contribution in [0.4, 0.5) is 11.4 Å². The van der Waals surface area contributed by atoms with Crippen molar-refractivity contribution >= 4 is 78.8 Å². The van der Waals surface area contributed by atoms with Crippen molar-refractivity contribution in [3.8, 4) is 0 Å². The van der Waals surface area contributed by atoms with Gasteiger partial charge in [0.25, 0.3) is 11.8 Å². The molecule has 4 aromatic rings. The van der Waals surface area contributed by atoms with Crippen molar-refractivity contribution < 1.29 is 14.4 Å². The molecule has 0 bridgehead atoms. The normalized spacial score (nSPS) is 11.0. The Balaban J connectivity index is 1.41. The molecule has 3 amide bonds.